The highest BCUT2D eigenvalue weighted by atomic mass is 35.5. The molecule has 8 heteroatoms. The number of benzene rings is 1. The summed E-state index contributed by atoms with van der Waals surface area (Å²) in [5, 5.41) is 9.21. The molecule has 0 unspecified atom stereocenters. The van der Waals surface area contributed by atoms with E-state index < -0.39 is 0 Å². The van der Waals surface area contributed by atoms with Crippen molar-refractivity contribution in [3.63, 3.8) is 0 Å². The fourth-order valence-corrected chi connectivity index (χ4v) is 4.07. The predicted octanol–water partition coefficient (Wildman–Crippen LogP) is 3.76. The molecule has 0 bridgehead atoms. The second-order valence-electron chi connectivity index (χ2n) is 8.26. The average Bonchev–Trinajstić information content (AvgIpc) is 3.24. The Morgan fingerprint density at radius 1 is 1.03 bits per heavy atom. The predicted molar refractivity (Wildman–Crippen MR) is 119 cm³/mol. The zero-order valence-electron chi connectivity index (χ0n) is 18.5. The van der Waals surface area contributed by atoms with E-state index in [0.717, 1.165) is 36.6 Å². The number of aromatic nitrogens is 3. The number of carbonyl (C=O) groups is 1. The summed E-state index contributed by atoms with van der Waals surface area (Å²) in [6.07, 6.45) is 0. The molecule has 0 N–H and O–H groups in total. The van der Waals surface area contributed by atoms with E-state index in [9.17, 15) is 4.79 Å². The molecule has 164 valence electrons. The third-order valence-electron chi connectivity index (χ3n) is 5.97. The monoisotopic (exact) mass is 441 g/mol. The molecule has 0 radical (unpaired) electrons. The van der Waals surface area contributed by atoms with Gasteiger partial charge in [0.15, 0.2) is 5.69 Å². The molecule has 1 saturated heterocycles. The minimum absolute atomic E-state index is 0.0885. The molecule has 1 aromatic carbocycles. The lowest BCUT2D eigenvalue weighted by Crippen LogP contribution is -2.48. The minimum Gasteiger partial charge on any atom is -0.361 e. The molecular formula is C23H28ClN5O2. The molecule has 4 rings (SSSR count). The Labute approximate surface area is 187 Å². The number of amides is 1. The summed E-state index contributed by atoms with van der Waals surface area (Å²) < 4.78 is 7.18. The summed E-state index contributed by atoms with van der Waals surface area (Å²) in [7, 11) is 0. The highest BCUT2D eigenvalue weighted by molar-refractivity contribution is 6.31. The van der Waals surface area contributed by atoms with Gasteiger partial charge in [-0.3, -0.25) is 14.4 Å². The molecule has 7 nitrogen and oxygen atoms in total. The minimum atomic E-state index is -0.0885. The smallest absolute Gasteiger partial charge is 0.276 e. The summed E-state index contributed by atoms with van der Waals surface area (Å²) in [4.78, 5) is 17.5. The molecule has 0 spiro atoms. The second-order valence-corrected chi connectivity index (χ2v) is 8.64. The molecule has 1 fully saturated rings. The molecule has 0 saturated carbocycles. The van der Waals surface area contributed by atoms with Gasteiger partial charge in [-0.15, -0.1) is 0 Å². The van der Waals surface area contributed by atoms with E-state index in [1.807, 2.05) is 25.7 Å². The topological polar surface area (TPSA) is 67.4 Å². The highest BCUT2D eigenvalue weighted by Gasteiger charge is 2.28. The van der Waals surface area contributed by atoms with Gasteiger partial charge in [0, 0.05) is 38.3 Å². The molecule has 3 aromatic rings. The van der Waals surface area contributed by atoms with Crippen LogP contribution in [0.1, 0.15) is 44.3 Å². The van der Waals surface area contributed by atoms with Crippen LogP contribution in [0.2, 0.25) is 5.02 Å². The molecule has 2 aromatic heterocycles. The Morgan fingerprint density at radius 2 is 1.71 bits per heavy atom. The summed E-state index contributed by atoms with van der Waals surface area (Å²) in [6, 6.07) is 8.62. The fourth-order valence-electron chi connectivity index (χ4n) is 3.93. The maximum absolute atomic E-state index is 13.2. The van der Waals surface area contributed by atoms with Gasteiger partial charge in [-0.25, -0.2) is 0 Å². The van der Waals surface area contributed by atoms with Gasteiger partial charge >= 0.3 is 0 Å². The van der Waals surface area contributed by atoms with Crippen LogP contribution in [0, 0.1) is 27.7 Å². The van der Waals surface area contributed by atoms with Crippen molar-refractivity contribution in [2.45, 2.75) is 40.8 Å². The van der Waals surface area contributed by atoms with Gasteiger partial charge in [-0.05, 0) is 33.3 Å². The number of hydrogen-bond acceptors (Lipinski definition) is 5. The normalized spacial score (nSPS) is 14.9. The van der Waals surface area contributed by atoms with Crippen LogP contribution < -0.4 is 0 Å². The van der Waals surface area contributed by atoms with E-state index in [4.69, 9.17) is 16.1 Å². The van der Waals surface area contributed by atoms with Crippen molar-refractivity contribution in [2.24, 2.45) is 0 Å². The van der Waals surface area contributed by atoms with Gasteiger partial charge < -0.3 is 9.42 Å². The van der Waals surface area contributed by atoms with Gasteiger partial charge in [0.1, 0.15) is 5.76 Å². The third-order valence-corrected chi connectivity index (χ3v) is 6.52. The van der Waals surface area contributed by atoms with Crippen LogP contribution >= 0.6 is 11.6 Å². The third kappa shape index (κ3) is 4.52. The first kappa shape index (κ1) is 21.6. The van der Waals surface area contributed by atoms with E-state index in [1.54, 1.807) is 4.68 Å². The van der Waals surface area contributed by atoms with Gasteiger partial charge in [0.25, 0.3) is 5.91 Å². The first-order valence-electron chi connectivity index (χ1n) is 10.6. The molecule has 1 amide bonds. The van der Waals surface area contributed by atoms with Crippen LogP contribution in [0.4, 0.5) is 0 Å². The van der Waals surface area contributed by atoms with Gasteiger partial charge in [-0.2, -0.15) is 5.10 Å². The summed E-state index contributed by atoms with van der Waals surface area (Å²) >= 11 is 6.28. The Hall–Kier alpha value is -2.64. The maximum Gasteiger partial charge on any atom is 0.276 e. The van der Waals surface area contributed by atoms with Gasteiger partial charge in [0.05, 0.1) is 23.0 Å². The lowest BCUT2D eigenvalue weighted by Gasteiger charge is -2.34. The SMILES string of the molecule is Cc1ccc(CN2CCN(C(=O)c3noc(C)c3Cn3nc(C)c(Cl)c3C)CC2)cc1. The highest BCUT2D eigenvalue weighted by Crippen LogP contribution is 2.23. The average molecular weight is 442 g/mol. The van der Waals surface area contributed by atoms with Crippen molar-refractivity contribution in [2.75, 3.05) is 26.2 Å². The molecule has 0 aliphatic carbocycles. The van der Waals surface area contributed by atoms with Crippen LogP contribution in [0.25, 0.3) is 0 Å². The molecule has 31 heavy (non-hydrogen) atoms. The molecule has 1 aliphatic rings. The summed E-state index contributed by atoms with van der Waals surface area (Å²) in [6.45, 7) is 12.0. The molecular weight excluding hydrogens is 414 g/mol. The van der Waals surface area contributed by atoms with Crippen molar-refractivity contribution in [1.82, 2.24) is 24.7 Å². The number of halogens is 1. The standard InChI is InChI=1S/C23H28ClN5O2/c1-15-5-7-19(8-6-15)13-27-9-11-28(12-10-27)23(30)22-20(18(4)31-26-22)14-29-17(3)21(24)16(2)25-29/h5-8H,9-14H2,1-4H3. The Kier molecular flexibility index (Phi) is 6.16. The van der Waals surface area contributed by atoms with E-state index >= 15 is 0 Å². The summed E-state index contributed by atoms with van der Waals surface area (Å²) in [5.74, 6) is 0.541. The van der Waals surface area contributed by atoms with Crippen molar-refractivity contribution in [1.29, 1.82) is 0 Å². The second kappa shape index (κ2) is 8.85. The zero-order valence-corrected chi connectivity index (χ0v) is 19.2. The van der Waals surface area contributed by atoms with Gasteiger partial charge in [-0.1, -0.05) is 46.6 Å². The Balaban J connectivity index is 1.42. The van der Waals surface area contributed by atoms with E-state index in [-0.39, 0.29) is 5.91 Å². The fraction of sp³-hybridized carbons (Fsp3) is 0.435. The largest absolute Gasteiger partial charge is 0.361 e. The van der Waals surface area contributed by atoms with E-state index in [2.05, 4.69) is 46.3 Å². The molecule has 3 heterocycles. The first-order chi connectivity index (χ1) is 14.8. The number of nitrogens with zero attached hydrogens (tertiary/aromatic N) is 5. The number of hydrogen-bond donors (Lipinski definition) is 0. The van der Waals surface area contributed by atoms with Crippen molar-refractivity contribution in [3.05, 3.63) is 68.8 Å². The van der Waals surface area contributed by atoms with Crippen LogP contribution in [-0.2, 0) is 13.1 Å². The number of aryl methyl sites for hydroxylation is 3. The van der Waals surface area contributed by atoms with Crippen LogP contribution in [-0.4, -0.2) is 56.8 Å². The Morgan fingerprint density at radius 3 is 2.32 bits per heavy atom. The lowest BCUT2D eigenvalue weighted by molar-refractivity contribution is 0.0617. The molecule has 0 atom stereocenters. The lowest BCUT2D eigenvalue weighted by atomic mass is 10.1. The number of rotatable bonds is 5. The Bertz CT molecular complexity index is 1080. The first-order valence-corrected chi connectivity index (χ1v) is 10.9. The van der Waals surface area contributed by atoms with Gasteiger partial charge in [0.2, 0.25) is 0 Å². The maximum atomic E-state index is 13.2. The van der Waals surface area contributed by atoms with Crippen molar-refractivity contribution < 1.29 is 9.32 Å². The van der Waals surface area contributed by atoms with Crippen molar-refractivity contribution in [3.8, 4) is 0 Å². The van der Waals surface area contributed by atoms with Crippen molar-refractivity contribution >= 4 is 17.5 Å². The quantitative estimate of drug-likeness (QED) is 0.603. The van der Waals surface area contributed by atoms with E-state index in [0.29, 0.717) is 36.1 Å². The van der Waals surface area contributed by atoms with E-state index in [1.165, 1.54) is 11.1 Å². The summed E-state index contributed by atoms with van der Waals surface area (Å²) in [5.41, 5.74) is 5.32. The zero-order chi connectivity index (χ0) is 22.1. The number of carbonyl (C=O) groups excluding carboxylic acids is 1. The van der Waals surface area contributed by atoms with Crippen LogP contribution in [0.5, 0.6) is 0 Å². The number of piperazine rings is 1. The van der Waals surface area contributed by atoms with Crippen LogP contribution in [0.15, 0.2) is 28.8 Å². The molecule has 1 aliphatic heterocycles. The van der Waals surface area contributed by atoms with Crippen LogP contribution in [0.3, 0.4) is 0 Å².